The third-order valence-corrected chi connectivity index (χ3v) is 4.56. The van der Waals surface area contributed by atoms with Crippen LogP contribution in [0.15, 0.2) is 58.7 Å². The number of aromatic nitrogens is 1. The van der Waals surface area contributed by atoms with Crippen LogP contribution in [0, 0.1) is 6.92 Å². The minimum atomic E-state index is -0.262. The summed E-state index contributed by atoms with van der Waals surface area (Å²) in [5.41, 5.74) is 5.00. The lowest BCUT2D eigenvalue weighted by Gasteiger charge is -2.05. The van der Waals surface area contributed by atoms with Gasteiger partial charge in [-0.2, -0.15) is 5.10 Å². The van der Waals surface area contributed by atoms with E-state index in [1.54, 1.807) is 6.07 Å². The zero-order valence-corrected chi connectivity index (χ0v) is 14.8. The van der Waals surface area contributed by atoms with Gasteiger partial charge in [0.15, 0.2) is 11.5 Å². The van der Waals surface area contributed by atoms with E-state index >= 15 is 0 Å². The normalized spacial score (nSPS) is 11.1. The number of benzene rings is 2. The van der Waals surface area contributed by atoms with Gasteiger partial charge in [-0.3, -0.25) is 4.79 Å². The smallest absolute Gasteiger partial charge is 0.250 e. The standard InChI is InChI=1S/C19H17N3O3S/c1-12-8-19(21-15-5-3-2-4-14(12)15)26-11-18(25)22-20-10-13-6-7-16(23)17(24)9-13/h2-10,23-24H,11H2,1H3,(H,22,25)/b20-10-. The summed E-state index contributed by atoms with van der Waals surface area (Å²) in [6.45, 7) is 2.02. The van der Waals surface area contributed by atoms with Gasteiger partial charge in [0, 0.05) is 5.39 Å². The Bertz CT molecular complexity index is 989. The molecule has 1 heterocycles. The average molecular weight is 367 g/mol. The van der Waals surface area contributed by atoms with Crippen LogP contribution in [-0.4, -0.2) is 33.1 Å². The van der Waals surface area contributed by atoms with Crippen molar-refractivity contribution in [2.45, 2.75) is 11.9 Å². The van der Waals surface area contributed by atoms with Crippen LogP contribution in [-0.2, 0) is 4.79 Å². The highest BCUT2D eigenvalue weighted by atomic mass is 32.2. The lowest BCUT2D eigenvalue weighted by molar-refractivity contribution is -0.118. The Kier molecular flexibility index (Phi) is 5.38. The number of rotatable bonds is 5. The molecule has 6 nitrogen and oxygen atoms in total. The molecule has 1 aromatic heterocycles. The fraction of sp³-hybridized carbons (Fsp3) is 0.105. The van der Waals surface area contributed by atoms with Crippen molar-refractivity contribution >= 4 is 34.8 Å². The van der Waals surface area contributed by atoms with Gasteiger partial charge in [-0.05, 0) is 48.4 Å². The second kappa shape index (κ2) is 7.88. The van der Waals surface area contributed by atoms with E-state index in [1.807, 2.05) is 37.3 Å². The van der Waals surface area contributed by atoms with E-state index in [0.717, 1.165) is 21.5 Å². The number of hydrogen-bond donors (Lipinski definition) is 3. The number of phenolic OH excluding ortho intramolecular Hbond substituents is 2. The van der Waals surface area contributed by atoms with E-state index in [2.05, 4.69) is 15.5 Å². The van der Waals surface area contributed by atoms with Crippen LogP contribution >= 0.6 is 11.8 Å². The zero-order valence-electron chi connectivity index (χ0n) is 14.0. The summed E-state index contributed by atoms with van der Waals surface area (Å²) in [4.78, 5) is 16.5. The topological polar surface area (TPSA) is 94.8 Å². The number of nitrogens with zero attached hydrogens (tertiary/aromatic N) is 2. The second-order valence-electron chi connectivity index (χ2n) is 5.62. The lowest BCUT2D eigenvalue weighted by Crippen LogP contribution is -2.19. The van der Waals surface area contributed by atoms with Crippen molar-refractivity contribution in [2.75, 3.05) is 5.75 Å². The van der Waals surface area contributed by atoms with Crippen molar-refractivity contribution in [1.82, 2.24) is 10.4 Å². The number of amides is 1. The highest BCUT2D eigenvalue weighted by Gasteiger charge is 2.06. The summed E-state index contributed by atoms with van der Waals surface area (Å²) in [6.07, 6.45) is 1.39. The Morgan fingerprint density at radius 1 is 1.19 bits per heavy atom. The Hall–Kier alpha value is -3.06. The predicted molar refractivity (Wildman–Crippen MR) is 103 cm³/mol. The molecule has 0 radical (unpaired) electrons. The first kappa shape index (κ1) is 17.8. The fourth-order valence-electron chi connectivity index (χ4n) is 2.36. The second-order valence-corrected chi connectivity index (χ2v) is 6.62. The van der Waals surface area contributed by atoms with Gasteiger partial charge in [-0.1, -0.05) is 30.0 Å². The predicted octanol–water partition coefficient (Wildman–Crippen LogP) is 3.20. The van der Waals surface area contributed by atoms with E-state index in [4.69, 9.17) is 0 Å². The number of aryl methyl sites for hydroxylation is 1. The number of thioether (sulfide) groups is 1. The lowest BCUT2D eigenvalue weighted by atomic mass is 10.1. The minimum Gasteiger partial charge on any atom is -0.504 e. The molecule has 0 fully saturated rings. The average Bonchev–Trinajstić information content (AvgIpc) is 2.63. The van der Waals surface area contributed by atoms with Crippen LogP contribution in [0.5, 0.6) is 11.5 Å². The maximum atomic E-state index is 11.9. The molecule has 1 amide bonds. The molecule has 26 heavy (non-hydrogen) atoms. The van der Waals surface area contributed by atoms with Gasteiger partial charge in [-0.15, -0.1) is 0 Å². The van der Waals surface area contributed by atoms with Crippen molar-refractivity contribution in [3.63, 3.8) is 0 Å². The Morgan fingerprint density at radius 2 is 2.00 bits per heavy atom. The highest BCUT2D eigenvalue weighted by molar-refractivity contribution is 7.99. The molecule has 0 atom stereocenters. The van der Waals surface area contributed by atoms with Crippen molar-refractivity contribution < 1.29 is 15.0 Å². The van der Waals surface area contributed by atoms with Crippen LogP contribution in [0.2, 0.25) is 0 Å². The van der Waals surface area contributed by atoms with Crippen LogP contribution < -0.4 is 5.43 Å². The maximum absolute atomic E-state index is 11.9. The van der Waals surface area contributed by atoms with Gasteiger partial charge in [0.1, 0.15) is 0 Å². The number of phenols is 2. The van der Waals surface area contributed by atoms with Crippen LogP contribution in [0.25, 0.3) is 10.9 Å². The maximum Gasteiger partial charge on any atom is 0.250 e. The van der Waals surface area contributed by atoms with Gasteiger partial charge in [0.25, 0.3) is 0 Å². The number of carbonyl (C=O) groups excluding carboxylic acids is 1. The van der Waals surface area contributed by atoms with Gasteiger partial charge in [-0.25, -0.2) is 10.4 Å². The molecule has 2 aromatic carbocycles. The molecular weight excluding hydrogens is 350 g/mol. The number of hydrogen-bond acceptors (Lipinski definition) is 6. The molecule has 0 spiro atoms. The van der Waals surface area contributed by atoms with E-state index < -0.39 is 0 Å². The number of hydrazone groups is 1. The molecule has 0 aliphatic rings. The van der Waals surface area contributed by atoms with E-state index in [1.165, 1.54) is 30.1 Å². The van der Waals surface area contributed by atoms with Gasteiger partial charge >= 0.3 is 0 Å². The minimum absolute atomic E-state index is 0.183. The summed E-state index contributed by atoms with van der Waals surface area (Å²) >= 11 is 1.34. The first-order valence-electron chi connectivity index (χ1n) is 7.86. The number of pyridine rings is 1. The molecule has 0 bridgehead atoms. The van der Waals surface area contributed by atoms with Crippen molar-refractivity contribution in [2.24, 2.45) is 5.10 Å². The third kappa shape index (κ3) is 4.31. The number of para-hydroxylation sites is 1. The van der Waals surface area contributed by atoms with Crippen molar-refractivity contribution in [3.8, 4) is 11.5 Å². The van der Waals surface area contributed by atoms with Gasteiger partial charge < -0.3 is 10.2 Å². The summed E-state index contributed by atoms with van der Waals surface area (Å²) in [5, 5.41) is 24.4. The summed E-state index contributed by atoms with van der Waals surface area (Å²) in [6, 6.07) is 14.1. The highest BCUT2D eigenvalue weighted by Crippen LogP contribution is 2.24. The van der Waals surface area contributed by atoms with Crippen LogP contribution in [0.1, 0.15) is 11.1 Å². The molecule has 0 saturated heterocycles. The van der Waals surface area contributed by atoms with Crippen molar-refractivity contribution in [1.29, 1.82) is 0 Å². The quantitative estimate of drug-likeness (QED) is 0.279. The zero-order chi connectivity index (χ0) is 18.5. The largest absolute Gasteiger partial charge is 0.504 e. The third-order valence-electron chi connectivity index (χ3n) is 3.65. The Balaban J connectivity index is 1.57. The molecular formula is C19H17N3O3S. The molecule has 0 saturated carbocycles. The number of aromatic hydroxyl groups is 2. The number of nitrogens with one attached hydrogen (secondary N) is 1. The molecule has 3 N–H and O–H groups in total. The monoisotopic (exact) mass is 367 g/mol. The summed E-state index contributed by atoms with van der Waals surface area (Å²) in [5.74, 6) is -0.528. The molecule has 7 heteroatoms. The summed E-state index contributed by atoms with van der Waals surface area (Å²) in [7, 11) is 0. The first-order chi connectivity index (χ1) is 12.5. The van der Waals surface area contributed by atoms with Crippen molar-refractivity contribution in [3.05, 3.63) is 59.7 Å². The first-order valence-corrected chi connectivity index (χ1v) is 8.84. The van der Waals surface area contributed by atoms with Gasteiger partial charge in [0.2, 0.25) is 5.91 Å². The molecule has 0 aliphatic carbocycles. The van der Waals surface area contributed by atoms with Crippen LogP contribution in [0.3, 0.4) is 0 Å². The van der Waals surface area contributed by atoms with Gasteiger partial charge in [0.05, 0.1) is 22.5 Å². The summed E-state index contributed by atoms with van der Waals surface area (Å²) < 4.78 is 0. The molecule has 3 aromatic rings. The number of carbonyl (C=O) groups is 1. The fourth-order valence-corrected chi connectivity index (χ4v) is 3.13. The van der Waals surface area contributed by atoms with Crippen LogP contribution in [0.4, 0.5) is 0 Å². The van der Waals surface area contributed by atoms with E-state index in [-0.39, 0.29) is 23.2 Å². The van der Waals surface area contributed by atoms with E-state index in [0.29, 0.717) is 5.56 Å². The molecule has 0 unspecified atom stereocenters. The Morgan fingerprint density at radius 3 is 2.81 bits per heavy atom. The van der Waals surface area contributed by atoms with E-state index in [9.17, 15) is 15.0 Å². The Labute approximate surface area is 154 Å². The SMILES string of the molecule is Cc1cc(SCC(=O)N/N=C\c2ccc(O)c(O)c2)nc2ccccc12. The number of fused-ring (bicyclic) bond motifs is 1. The molecule has 0 aliphatic heterocycles. The molecule has 132 valence electrons. The molecule has 3 rings (SSSR count).